The Morgan fingerprint density at radius 1 is 1.18 bits per heavy atom. The maximum atomic E-state index is 5.94. The van der Waals surface area contributed by atoms with E-state index in [2.05, 4.69) is 44.0 Å². The predicted molar refractivity (Wildman–Crippen MR) is 74.7 cm³/mol. The average Bonchev–Trinajstić information content (AvgIpc) is 2.28. The van der Waals surface area contributed by atoms with E-state index in [0.717, 1.165) is 5.39 Å². The van der Waals surface area contributed by atoms with Gasteiger partial charge < -0.3 is 0 Å². The summed E-state index contributed by atoms with van der Waals surface area (Å²) in [7, 11) is 0. The lowest BCUT2D eigenvalue weighted by molar-refractivity contribution is 0.473. The van der Waals surface area contributed by atoms with Gasteiger partial charge in [-0.1, -0.05) is 57.0 Å². The van der Waals surface area contributed by atoms with Crippen LogP contribution in [0.15, 0.2) is 30.5 Å². The van der Waals surface area contributed by atoms with Gasteiger partial charge in [0, 0.05) is 11.6 Å². The Morgan fingerprint density at radius 2 is 1.94 bits per heavy atom. The van der Waals surface area contributed by atoms with E-state index in [1.54, 1.807) is 0 Å². The molecular weight excluding hydrogens is 230 g/mol. The van der Waals surface area contributed by atoms with Gasteiger partial charge >= 0.3 is 0 Å². The van der Waals surface area contributed by atoms with Crippen molar-refractivity contribution in [3.05, 3.63) is 41.2 Å². The number of hydrogen-bond acceptors (Lipinski definition) is 1. The van der Waals surface area contributed by atoms with Crippen molar-refractivity contribution in [3.8, 4) is 0 Å². The summed E-state index contributed by atoms with van der Waals surface area (Å²) in [5.74, 6) is 0. The number of rotatable bonds is 3. The number of fused-ring (bicyclic) bond motifs is 1. The summed E-state index contributed by atoms with van der Waals surface area (Å²) < 4.78 is 0. The van der Waals surface area contributed by atoms with Gasteiger partial charge in [-0.2, -0.15) is 0 Å². The van der Waals surface area contributed by atoms with Crippen molar-refractivity contribution in [3.63, 3.8) is 0 Å². The Kier molecular flexibility index (Phi) is 3.39. The molecule has 0 saturated heterocycles. The first-order valence-electron chi connectivity index (χ1n) is 6.09. The highest BCUT2D eigenvalue weighted by Crippen LogP contribution is 2.30. The van der Waals surface area contributed by atoms with Crippen LogP contribution in [0.3, 0.4) is 0 Å². The minimum Gasteiger partial charge on any atom is -0.244 e. The third-order valence-corrected chi connectivity index (χ3v) is 3.55. The SMILES string of the molecule is CCCC(C)(C)c1ccc2cnc(Cl)cc2c1. The van der Waals surface area contributed by atoms with E-state index in [4.69, 9.17) is 11.6 Å². The number of aromatic nitrogens is 1. The van der Waals surface area contributed by atoms with Crippen LogP contribution in [0.2, 0.25) is 5.15 Å². The molecule has 2 heteroatoms. The molecule has 0 atom stereocenters. The van der Waals surface area contributed by atoms with E-state index < -0.39 is 0 Å². The fourth-order valence-corrected chi connectivity index (χ4v) is 2.47. The van der Waals surface area contributed by atoms with Crippen molar-refractivity contribution in [2.45, 2.75) is 39.0 Å². The zero-order chi connectivity index (χ0) is 12.5. The Balaban J connectivity index is 2.50. The molecule has 2 aromatic rings. The second kappa shape index (κ2) is 4.66. The minimum atomic E-state index is 0.221. The molecule has 0 unspecified atom stereocenters. The van der Waals surface area contributed by atoms with Gasteiger partial charge in [-0.25, -0.2) is 4.98 Å². The topological polar surface area (TPSA) is 12.9 Å². The molecule has 0 spiro atoms. The van der Waals surface area contributed by atoms with Crippen LogP contribution in [0.25, 0.3) is 10.8 Å². The van der Waals surface area contributed by atoms with E-state index in [1.165, 1.54) is 23.8 Å². The van der Waals surface area contributed by atoms with Gasteiger partial charge in [0.2, 0.25) is 0 Å². The summed E-state index contributed by atoms with van der Waals surface area (Å²) in [6.45, 7) is 6.81. The Labute approximate surface area is 108 Å². The first-order chi connectivity index (χ1) is 8.03. The highest BCUT2D eigenvalue weighted by atomic mass is 35.5. The monoisotopic (exact) mass is 247 g/mol. The molecule has 0 aliphatic carbocycles. The molecule has 0 bridgehead atoms. The summed E-state index contributed by atoms with van der Waals surface area (Å²) in [6.07, 6.45) is 4.22. The Bertz CT molecular complexity index is 531. The number of benzene rings is 1. The summed E-state index contributed by atoms with van der Waals surface area (Å²) in [5.41, 5.74) is 1.59. The molecule has 1 heterocycles. The lowest BCUT2D eigenvalue weighted by Crippen LogP contribution is -2.16. The number of nitrogens with zero attached hydrogens (tertiary/aromatic N) is 1. The minimum absolute atomic E-state index is 0.221. The first kappa shape index (κ1) is 12.4. The summed E-state index contributed by atoms with van der Waals surface area (Å²) in [5, 5.41) is 2.88. The van der Waals surface area contributed by atoms with Crippen molar-refractivity contribution in [1.82, 2.24) is 4.98 Å². The second-order valence-electron chi connectivity index (χ2n) is 5.20. The predicted octanol–water partition coefficient (Wildman–Crippen LogP) is 4.97. The van der Waals surface area contributed by atoms with Crippen LogP contribution in [0.1, 0.15) is 39.2 Å². The zero-order valence-corrected chi connectivity index (χ0v) is 11.4. The highest BCUT2D eigenvalue weighted by molar-refractivity contribution is 6.30. The van der Waals surface area contributed by atoms with E-state index in [0.29, 0.717) is 5.15 Å². The zero-order valence-electron chi connectivity index (χ0n) is 10.6. The van der Waals surface area contributed by atoms with Crippen LogP contribution in [-0.2, 0) is 5.41 Å². The van der Waals surface area contributed by atoms with E-state index in [1.807, 2.05) is 12.3 Å². The summed E-state index contributed by atoms with van der Waals surface area (Å²) in [4.78, 5) is 4.10. The third kappa shape index (κ3) is 2.61. The standard InChI is InChI=1S/C15H18ClN/c1-4-7-15(2,3)13-6-5-11-10-17-14(16)9-12(11)8-13/h5-6,8-10H,4,7H2,1-3H3. The van der Waals surface area contributed by atoms with Crippen molar-refractivity contribution >= 4 is 22.4 Å². The molecule has 0 N–H and O–H groups in total. The smallest absolute Gasteiger partial charge is 0.129 e. The molecular formula is C15H18ClN. The van der Waals surface area contributed by atoms with Crippen molar-refractivity contribution in [2.75, 3.05) is 0 Å². The van der Waals surface area contributed by atoms with Crippen LogP contribution >= 0.6 is 11.6 Å². The van der Waals surface area contributed by atoms with Crippen LogP contribution in [-0.4, -0.2) is 4.98 Å². The number of halogens is 1. The van der Waals surface area contributed by atoms with Crippen LogP contribution in [0.5, 0.6) is 0 Å². The molecule has 0 fully saturated rings. The van der Waals surface area contributed by atoms with E-state index in [-0.39, 0.29) is 5.41 Å². The van der Waals surface area contributed by atoms with Crippen LogP contribution < -0.4 is 0 Å². The molecule has 1 nitrogen and oxygen atoms in total. The maximum absolute atomic E-state index is 5.94. The molecule has 1 aromatic heterocycles. The molecule has 0 aliphatic rings. The third-order valence-electron chi connectivity index (χ3n) is 3.34. The van der Waals surface area contributed by atoms with Crippen molar-refractivity contribution < 1.29 is 0 Å². The molecule has 90 valence electrons. The highest BCUT2D eigenvalue weighted by Gasteiger charge is 2.19. The number of pyridine rings is 1. The van der Waals surface area contributed by atoms with Gasteiger partial charge in [0.1, 0.15) is 5.15 Å². The second-order valence-corrected chi connectivity index (χ2v) is 5.59. The fourth-order valence-electron chi connectivity index (χ4n) is 2.30. The molecule has 17 heavy (non-hydrogen) atoms. The largest absolute Gasteiger partial charge is 0.244 e. The molecule has 2 rings (SSSR count). The van der Waals surface area contributed by atoms with Crippen LogP contribution in [0.4, 0.5) is 0 Å². The molecule has 0 saturated carbocycles. The van der Waals surface area contributed by atoms with Gasteiger partial charge in [0.15, 0.2) is 0 Å². The van der Waals surface area contributed by atoms with Gasteiger partial charge in [-0.15, -0.1) is 0 Å². The van der Waals surface area contributed by atoms with Gasteiger partial charge in [-0.3, -0.25) is 0 Å². The van der Waals surface area contributed by atoms with Crippen LogP contribution in [0, 0.1) is 0 Å². The molecule has 0 radical (unpaired) electrons. The maximum Gasteiger partial charge on any atom is 0.129 e. The quantitative estimate of drug-likeness (QED) is 0.698. The van der Waals surface area contributed by atoms with Crippen molar-refractivity contribution in [2.24, 2.45) is 0 Å². The summed E-state index contributed by atoms with van der Waals surface area (Å²) in [6, 6.07) is 8.50. The van der Waals surface area contributed by atoms with Crippen molar-refractivity contribution in [1.29, 1.82) is 0 Å². The van der Waals surface area contributed by atoms with Gasteiger partial charge in [0.05, 0.1) is 0 Å². The lowest BCUT2D eigenvalue weighted by atomic mass is 9.80. The van der Waals surface area contributed by atoms with E-state index >= 15 is 0 Å². The molecule has 0 amide bonds. The Morgan fingerprint density at radius 3 is 2.65 bits per heavy atom. The number of hydrogen-bond donors (Lipinski definition) is 0. The lowest BCUT2D eigenvalue weighted by Gasteiger charge is -2.25. The molecule has 0 aliphatic heterocycles. The van der Waals surface area contributed by atoms with Gasteiger partial charge in [-0.05, 0) is 28.9 Å². The average molecular weight is 248 g/mol. The normalized spacial score (nSPS) is 12.0. The first-order valence-corrected chi connectivity index (χ1v) is 6.46. The van der Waals surface area contributed by atoms with Gasteiger partial charge in [0.25, 0.3) is 0 Å². The fraction of sp³-hybridized carbons (Fsp3) is 0.400. The Hall–Kier alpha value is -1.08. The summed E-state index contributed by atoms with van der Waals surface area (Å²) >= 11 is 5.94. The molecule has 1 aromatic carbocycles. The van der Waals surface area contributed by atoms with E-state index in [9.17, 15) is 0 Å².